The third kappa shape index (κ3) is 3.38. The summed E-state index contributed by atoms with van der Waals surface area (Å²) < 4.78 is 33.8. The molecule has 2 heterocycles. The van der Waals surface area contributed by atoms with Crippen LogP contribution in [0.5, 0.6) is 0 Å². The summed E-state index contributed by atoms with van der Waals surface area (Å²) in [7, 11) is -3.35. The molecule has 0 amide bonds. The second kappa shape index (κ2) is 6.76. The van der Waals surface area contributed by atoms with Crippen LogP contribution in [-0.2, 0) is 14.9 Å². The van der Waals surface area contributed by atoms with Gasteiger partial charge in [-0.3, -0.25) is 0 Å². The summed E-state index contributed by atoms with van der Waals surface area (Å²) in [6.45, 7) is 8.66. The number of hydrogen-bond donors (Lipinski definition) is 0. The molecule has 0 radical (unpaired) electrons. The molecule has 1 aromatic rings. The lowest BCUT2D eigenvalue weighted by atomic mass is 10.1. The van der Waals surface area contributed by atoms with Gasteiger partial charge in [0.2, 0.25) is 0 Å². The number of rotatable bonds is 3. The molecule has 0 unspecified atom stereocenters. The molecule has 0 atom stereocenters. The first-order valence-corrected chi connectivity index (χ1v) is 9.54. The molecule has 2 fully saturated rings. The number of morpholine rings is 1. The van der Waals surface area contributed by atoms with Crippen LogP contribution in [0.25, 0.3) is 0 Å². The Morgan fingerprint density at radius 1 is 0.913 bits per heavy atom. The van der Waals surface area contributed by atoms with Gasteiger partial charge in [0.05, 0.1) is 13.2 Å². The highest BCUT2D eigenvalue weighted by Crippen LogP contribution is 2.25. The van der Waals surface area contributed by atoms with Crippen molar-refractivity contribution in [2.45, 2.75) is 13.8 Å². The molecule has 0 bridgehead atoms. The van der Waals surface area contributed by atoms with Crippen molar-refractivity contribution >= 4 is 15.9 Å². The van der Waals surface area contributed by atoms with Gasteiger partial charge in [-0.05, 0) is 31.0 Å². The van der Waals surface area contributed by atoms with E-state index in [4.69, 9.17) is 4.74 Å². The largest absolute Gasteiger partial charge is 0.379 e. The van der Waals surface area contributed by atoms with Crippen LogP contribution in [0.15, 0.2) is 18.2 Å². The quantitative estimate of drug-likeness (QED) is 0.824. The van der Waals surface area contributed by atoms with Crippen molar-refractivity contribution in [2.75, 3.05) is 57.4 Å². The van der Waals surface area contributed by atoms with E-state index in [2.05, 4.69) is 36.9 Å². The fourth-order valence-corrected chi connectivity index (χ4v) is 4.74. The first-order chi connectivity index (χ1) is 11.0. The Morgan fingerprint density at radius 2 is 1.52 bits per heavy atom. The summed E-state index contributed by atoms with van der Waals surface area (Å²) in [6.07, 6.45) is 0. The Hall–Kier alpha value is -1.15. The van der Waals surface area contributed by atoms with Gasteiger partial charge in [-0.1, -0.05) is 12.1 Å². The lowest BCUT2D eigenvalue weighted by Gasteiger charge is -2.39. The molecule has 3 rings (SSSR count). The normalized spacial score (nSPS) is 21.6. The lowest BCUT2D eigenvalue weighted by molar-refractivity contribution is 0.0700. The molecule has 2 aliphatic heterocycles. The van der Waals surface area contributed by atoms with Gasteiger partial charge in [-0.25, -0.2) is 0 Å². The monoisotopic (exact) mass is 339 g/mol. The maximum absolute atomic E-state index is 12.7. The van der Waals surface area contributed by atoms with Gasteiger partial charge in [-0.15, -0.1) is 0 Å². The molecule has 0 saturated carbocycles. The topological polar surface area (TPSA) is 53.1 Å². The predicted octanol–water partition coefficient (Wildman–Crippen LogP) is 1.00. The van der Waals surface area contributed by atoms with Crippen LogP contribution in [0.1, 0.15) is 11.1 Å². The molecule has 128 valence electrons. The molecular formula is C16H25N3O3S. The smallest absolute Gasteiger partial charge is 0.282 e. The molecule has 0 spiro atoms. The van der Waals surface area contributed by atoms with Gasteiger partial charge in [-0.2, -0.15) is 17.0 Å². The lowest BCUT2D eigenvalue weighted by Crippen LogP contribution is -2.55. The Kier molecular flexibility index (Phi) is 4.91. The summed E-state index contributed by atoms with van der Waals surface area (Å²) in [5, 5.41) is 0. The van der Waals surface area contributed by atoms with Crippen LogP contribution in [-0.4, -0.2) is 69.5 Å². The zero-order valence-electron chi connectivity index (χ0n) is 13.9. The standard InChI is InChI=1S/C16H25N3O3S/c1-14-4-3-5-16(15(14)2)17-6-8-18(9-7-17)23(20,21)19-10-12-22-13-11-19/h3-5H,6-13H2,1-2H3. The number of aryl methyl sites for hydroxylation is 1. The van der Waals surface area contributed by atoms with Crippen LogP contribution in [0.3, 0.4) is 0 Å². The van der Waals surface area contributed by atoms with Crippen LogP contribution in [0.2, 0.25) is 0 Å². The number of piperazine rings is 1. The summed E-state index contributed by atoms with van der Waals surface area (Å²) >= 11 is 0. The third-order valence-electron chi connectivity index (χ3n) is 4.78. The zero-order chi connectivity index (χ0) is 16.4. The molecule has 1 aromatic carbocycles. The number of nitrogens with zero attached hydrogens (tertiary/aromatic N) is 3. The van der Waals surface area contributed by atoms with E-state index in [-0.39, 0.29) is 0 Å². The summed E-state index contributed by atoms with van der Waals surface area (Å²) in [5.41, 5.74) is 3.76. The molecule has 0 aromatic heterocycles. The van der Waals surface area contributed by atoms with E-state index in [1.165, 1.54) is 16.8 Å². The molecule has 7 heteroatoms. The Labute approximate surface area is 138 Å². The van der Waals surface area contributed by atoms with Crippen molar-refractivity contribution in [1.29, 1.82) is 0 Å². The van der Waals surface area contributed by atoms with Crippen molar-refractivity contribution < 1.29 is 13.2 Å². The zero-order valence-corrected chi connectivity index (χ0v) is 14.7. The second-order valence-corrected chi connectivity index (χ2v) is 8.05. The van der Waals surface area contributed by atoms with Gasteiger partial charge in [0, 0.05) is 45.0 Å². The van der Waals surface area contributed by atoms with Crippen molar-refractivity contribution in [3.05, 3.63) is 29.3 Å². The van der Waals surface area contributed by atoms with Crippen LogP contribution >= 0.6 is 0 Å². The highest BCUT2D eigenvalue weighted by atomic mass is 32.2. The van der Waals surface area contributed by atoms with Gasteiger partial charge < -0.3 is 9.64 Å². The maximum atomic E-state index is 12.7. The minimum absolute atomic E-state index is 0.458. The van der Waals surface area contributed by atoms with Crippen LogP contribution in [0.4, 0.5) is 5.69 Å². The molecule has 0 N–H and O–H groups in total. The highest BCUT2D eigenvalue weighted by Gasteiger charge is 2.33. The molecule has 2 saturated heterocycles. The van der Waals surface area contributed by atoms with E-state index in [9.17, 15) is 8.42 Å². The van der Waals surface area contributed by atoms with Gasteiger partial charge in [0.1, 0.15) is 0 Å². The number of hydrogen-bond acceptors (Lipinski definition) is 4. The fraction of sp³-hybridized carbons (Fsp3) is 0.625. The molecular weight excluding hydrogens is 314 g/mol. The molecule has 23 heavy (non-hydrogen) atoms. The summed E-state index contributed by atoms with van der Waals surface area (Å²) in [6, 6.07) is 6.29. The fourth-order valence-electron chi connectivity index (χ4n) is 3.18. The van der Waals surface area contributed by atoms with Crippen molar-refractivity contribution in [2.24, 2.45) is 0 Å². The summed E-state index contributed by atoms with van der Waals surface area (Å²) in [5.74, 6) is 0. The van der Waals surface area contributed by atoms with E-state index in [1.54, 1.807) is 8.61 Å². The van der Waals surface area contributed by atoms with Crippen molar-refractivity contribution in [1.82, 2.24) is 8.61 Å². The van der Waals surface area contributed by atoms with Crippen LogP contribution in [0, 0.1) is 13.8 Å². The Bertz CT molecular complexity index is 649. The Balaban J connectivity index is 1.67. The van der Waals surface area contributed by atoms with Crippen LogP contribution < -0.4 is 4.90 Å². The maximum Gasteiger partial charge on any atom is 0.282 e. The van der Waals surface area contributed by atoms with E-state index in [0.717, 1.165) is 13.1 Å². The highest BCUT2D eigenvalue weighted by molar-refractivity contribution is 7.86. The van der Waals surface area contributed by atoms with E-state index >= 15 is 0 Å². The number of benzene rings is 1. The SMILES string of the molecule is Cc1cccc(N2CCN(S(=O)(=O)N3CCOCC3)CC2)c1C. The first kappa shape index (κ1) is 16.7. The molecule has 6 nitrogen and oxygen atoms in total. The van der Waals surface area contributed by atoms with Gasteiger partial charge in [0.15, 0.2) is 0 Å². The van der Waals surface area contributed by atoms with Gasteiger partial charge >= 0.3 is 0 Å². The van der Waals surface area contributed by atoms with Crippen molar-refractivity contribution in [3.63, 3.8) is 0 Å². The van der Waals surface area contributed by atoms with E-state index in [1.807, 2.05) is 0 Å². The predicted molar refractivity (Wildman–Crippen MR) is 91.0 cm³/mol. The minimum atomic E-state index is -3.35. The second-order valence-electron chi connectivity index (χ2n) is 6.12. The third-order valence-corrected chi connectivity index (χ3v) is 6.81. The first-order valence-electron chi connectivity index (χ1n) is 8.14. The van der Waals surface area contributed by atoms with Gasteiger partial charge in [0.25, 0.3) is 10.2 Å². The summed E-state index contributed by atoms with van der Waals surface area (Å²) in [4.78, 5) is 2.29. The van der Waals surface area contributed by atoms with E-state index in [0.29, 0.717) is 39.4 Å². The average Bonchev–Trinajstić information content (AvgIpc) is 2.58. The Morgan fingerprint density at radius 3 is 2.17 bits per heavy atom. The number of anilines is 1. The van der Waals surface area contributed by atoms with E-state index < -0.39 is 10.2 Å². The molecule has 0 aliphatic carbocycles. The number of ether oxygens (including phenoxy) is 1. The van der Waals surface area contributed by atoms with Crippen molar-refractivity contribution in [3.8, 4) is 0 Å². The minimum Gasteiger partial charge on any atom is -0.379 e. The average molecular weight is 339 g/mol. The molecule has 2 aliphatic rings.